The summed E-state index contributed by atoms with van der Waals surface area (Å²) in [6, 6.07) is 5.68. The molecule has 0 aromatic heterocycles. The number of amides is 1. The number of hydrogen-bond acceptors (Lipinski definition) is 3. The van der Waals surface area contributed by atoms with Gasteiger partial charge in [0.15, 0.2) is 6.10 Å². The number of nitrogens with one attached hydrogen (secondary N) is 1. The SMILES string of the molecule is CC[C@@H](N)c1ccc2c(c1)NC(=O)C(C)O2. The lowest BCUT2D eigenvalue weighted by molar-refractivity contribution is -0.122. The van der Waals surface area contributed by atoms with Gasteiger partial charge in [-0.2, -0.15) is 0 Å². The number of carbonyl (C=O) groups excluding carboxylic acids is 1. The van der Waals surface area contributed by atoms with E-state index in [0.717, 1.165) is 12.0 Å². The Morgan fingerprint density at radius 3 is 3.00 bits per heavy atom. The first-order valence-electron chi connectivity index (χ1n) is 5.49. The number of ether oxygens (including phenoxy) is 1. The molecule has 1 unspecified atom stereocenters. The van der Waals surface area contributed by atoms with Crippen molar-refractivity contribution in [2.75, 3.05) is 5.32 Å². The van der Waals surface area contributed by atoms with E-state index in [9.17, 15) is 4.79 Å². The van der Waals surface area contributed by atoms with Crippen LogP contribution in [0.25, 0.3) is 0 Å². The van der Waals surface area contributed by atoms with Crippen molar-refractivity contribution in [1.29, 1.82) is 0 Å². The first-order valence-corrected chi connectivity index (χ1v) is 5.49. The average molecular weight is 220 g/mol. The van der Waals surface area contributed by atoms with Crippen LogP contribution < -0.4 is 15.8 Å². The molecule has 3 N–H and O–H groups in total. The Labute approximate surface area is 94.8 Å². The van der Waals surface area contributed by atoms with Crippen LogP contribution in [0, 0.1) is 0 Å². The maximum absolute atomic E-state index is 11.4. The zero-order valence-electron chi connectivity index (χ0n) is 9.49. The summed E-state index contributed by atoms with van der Waals surface area (Å²) in [6.45, 7) is 3.76. The number of anilines is 1. The van der Waals surface area contributed by atoms with E-state index < -0.39 is 6.10 Å². The van der Waals surface area contributed by atoms with E-state index in [1.54, 1.807) is 6.92 Å². The second-order valence-electron chi connectivity index (χ2n) is 4.02. The molecule has 0 bridgehead atoms. The van der Waals surface area contributed by atoms with Gasteiger partial charge in [-0.05, 0) is 31.0 Å². The Hall–Kier alpha value is -1.55. The Morgan fingerprint density at radius 2 is 2.31 bits per heavy atom. The standard InChI is InChI=1S/C12H16N2O2/c1-3-9(13)8-4-5-11-10(6-8)14-12(15)7(2)16-11/h4-7,9H,3,13H2,1-2H3,(H,14,15)/t7?,9-/m1/s1. The van der Waals surface area contributed by atoms with Crippen molar-refractivity contribution >= 4 is 11.6 Å². The van der Waals surface area contributed by atoms with Gasteiger partial charge in [0, 0.05) is 6.04 Å². The van der Waals surface area contributed by atoms with E-state index in [2.05, 4.69) is 5.32 Å². The van der Waals surface area contributed by atoms with Gasteiger partial charge >= 0.3 is 0 Å². The van der Waals surface area contributed by atoms with Gasteiger partial charge in [0.2, 0.25) is 0 Å². The van der Waals surface area contributed by atoms with Crippen LogP contribution in [0.4, 0.5) is 5.69 Å². The van der Waals surface area contributed by atoms with Gasteiger partial charge in [0.25, 0.3) is 5.91 Å². The lowest BCUT2D eigenvalue weighted by Gasteiger charge is -2.24. The van der Waals surface area contributed by atoms with Crippen LogP contribution in [0.3, 0.4) is 0 Å². The summed E-state index contributed by atoms with van der Waals surface area (Å²) in [5, 5.41) is 2.81. The molecule has 1 amide bonds. The highest BCUT2D eigenvalue weighted by Gasteiger charge is 2.23. The highest BCUT2D eigenvalue weighted by molar-refractivity contribution is 5.97. The van der Waals surface area contributed by atoms with Crippen LogP contribution in [0.5, 0.6) is 5.75 Å². The Bertz CT molecular complexity index is 417. The van der Waals surface area contributed by atoms with Crippen LogP contribution in [0.1, 0.15) is 31.9 Å². The third kappa shape index (κ3) is 1.88. The molecule has 0 spiro atoms. The quantitative estimate of drug-likeness (QED) is 0.799. The summed E-state index contributed by atoms with van der Waals surface area (Å²) in [4.78, 5) is 11.4. The van der Waals surface area contributed by atoms with Crippen LogP contribution in [-0.2, 0) is 4.79 Å². The molecule has 0 saturated carbocycles. The molecule has 1 aliphatic rings. The monoisotopic (exact) mass is 220 g/mol. The number of rotatable bonds is 2. The van der Waals surface area contributed by atoms with Crippen LogP contribution >= 0.6 is 0 Å². The Morgan fingerprint density at radius 1 is 1.56 bits per heavy atom. The largest absolute Gasteiger partial charge is 0.479 e. The lowest BCUT2D eigenvalue weighted by Crippen LogP contribution is -2.34. The fourth-order valence-electron chi connectivity index (χ4n) is 1.69. The molecule has 86 valence electrons. The molecule has 1 heterocycles. The second kappa shape index (κ2) is 4.14. The molecule has 16 heavy (non-hydrogen) atoms. The lowest BCUT2D eigenvalue weighted by atomic mass is 10.0. The van der Waals surface area contributed by atoms with Gasteiger partial charge in [-0.3, -0.25) is 4.79 Å². The molecule has 1 aromatic carbocycles. The predicted octanol–water partition coefficient (Wildman–Crippen LogP) is 1.82. The number of hydrogen-bond donors (Lipinski definition) is 2. The van der Waals surface area contributed by atoms with Gasteiger partial charge in [-0.1, -0.05) is 13.0 Å². The summed E-state index contributed by atoms with van der Waals surface area (Å²) in [7, 11) is 0. The molecule has 4 heteroatoms. The Balaban J connectivity index is 2.32. The molecule has 0 saturated heterocycles. The van der Waals surface area contributed by atoms with Crippen molar-refractivity contribution in [2.45, 2.75) is 32.4 Å². The summed E-state index contributed by atoms with van der Waals surface area (Å²) in [6.07, 6.45) is 0.433. The maximum Gasteiger partial charge on any atom is 0.265 e. The third-order valence-electron chi connectivity index (χ3n) is 2.80. The van der Waals surface area contributed by atoms with E-state index in [4.69, 9.17) is 10.5 Å². The Kier molecular flexibility index (Phi) is 2.83. The van der Waals surface area contributed by atoms with Crippen LogP contribution in [-0.4, -0.2) is 12.0 Å². The zero-order chi connectivity index (χ0) is 11.7. The van der Waals surface area contributed by atoms with Gasteiger partial charge in [0.05, 0.1) is 5.69 Å². The molecule has 0 aliphatic carbocycles. The maximum atomic E-state index is 11.4. The topological polar surface area (TPSA) is 64.3 Å². The normalized spacial score (nSPS) is 20.7. The van der Waals surface area contributed by atoms with Crippen molar-refractivity contribution in [2.24, 2.45) is 5.73 Å². The van der Waals surface area contributed by atoms with Crippen molar-refractivity contribution in [3.05, 3.63) is 23.8 Å². The minimum atomic E-state index is -0.432. The van der Waals surface area contributed by atoms with E-state index in [1.165, 1.54) is 0 Å². The average Bonchev–Trinajstić information content (AvgIpc) is 2.29. The molecular weight excluding hydrogens is 204 g/mol. The van der Waals surface area contributed by atoms with Gasteiger partial charge in [-0.25, -0.2) is 0 Å². The first kappa shape index (κ1) is 11.0. The van der Waals surface area contributed by atoms with Gasteiger partial charge in [0.1, 0.15) is 5.75 Å². The highest BCUT2D eigenvalue weighted by atomic mass is 16.5. The number of benzene rings is 1. The predicted molar refractivity (Wildman–Crippen MR) is 62.4 cm³/mol. The molecular formula is C12H16N2O2. The summed E-state index contributed by atoms with van der Waals surface area (Å²) in [5.41, 5.74) is 7.66. The number of carbonyl (C=O) groups is 1. The van der Waals surface area contributed by atoms with Crippen LogP contribution in [0.2, 0.25) is 0 Å². The van der Waals surface area contributed by atoms with Crippen molar-refractivity contribution < 1.29 is 9.53 Å². The third-order valence-corrected chi connectivity index (χ3v) is 2.80. The van der Waals surface area contributed by atoms with Crippen molar-refractivity contribution in [3.63, 3.8) is 0 Å². The minimum absolute atomic E-state index is 0.00144. The minimum Gasteiger partial charge on any atom is -0.479 e. The van der Waals surface area contributed by atoms with Crippen LogP contribution in [0.15, 0.2) is 18.2 Å². The summed E-state index contributed by atoms with van der Waals surface area (Å²) >= 11 is 0. The molecule has 1 aliphatic heterocycles. The fourth-order valence-corrected chi connectivity index (χ4v) is 1.69. The second-order valence-corrected chi connectivity index (χ2v) is 4.02. The number of fused-ring (bicyclic) bond motifs is 1. The molecule has 4 nitrogen and oxygen atoms in total. The summed E-state index contributed by atoms with van der Waals surface area (Å²) < 4.78 is 5.46. The zero-order valence-corrected chi connectivity index (χ0v) is 9.49. The molecule has 0 radical (unpaired) electrons. The van der Waals surface area contributed by atoms with Gasteiger partial charge in [-0.15, -0.1) is 0 Å². The van der Waals surface area contributed by atoms with Crippen molar-refractivity contribution in [3.8, 4) is 5.75 Å². The van der Waals surface area contributed by atoms with E-state index in [-0.39, 0.29) is 11.9 Å². The summed E-state index contributed by atoms with van der Waals surface area (Å²) in [5.74, 6) is 0.592. The van der Waals surface area contributed by atoms with Gasteiger partial charge < -0.3 is 15.8 Å². The highest BCUT2D eigenvalue weighted by Crippen LogP contribution is 2.32. The molecule has 2 rings (SSSR count). The molecule has 2 atom stereocenters. The molecule has 1 aromatic rings. The van der Waals surface area contributed by atoms with E-state index in [0.29, 0.717) is 11.4 Å². The molecule has 0 fully saturated rings. The van der Waals surface area contributed by atoms with E-state index >= 15 is 0 Å². The van der Waals surface area contributed by atoms with E-state index in [1.807, 2.05) is 25.1 Å². The van der Waals surface area contributed by atoms with Crippen molar-refractivity contribution in [1.82, 2.24) is 0 Å². The smallest absolute Gasteiger partial charge is 0.265 e. The first-order chi connectivity index (χ1) is 7.61. The fraction of sp³-hybridized carbons (Fsp3) is 0.417. The number of nitrogens with two attached hydrogens (primary N) is 1.